The van der Waals surface area contributed by atoms with Gasteiger partial charge in [0.05, 0.1) is 0 Å². The van der Waals surface area contributed by atoms with Crippen LogP contribution in [0.2, 0.25) is 0 Å². The zero-order valence-electron chi connectivity index (χ0n) is 6.48. The van der Waals surface area contributed by atoms with Gasteiger partial charge in [-0.15, -0.1) is 8.58 Å². The molecule has 0 aliphatic heterocycles. The summed E-state index contributed by atoms with van der Waals surface area (Å²) >= 11 is 0. The summed E-state index contributed by atoms with van der Waals surface area (Å²) in [6, 6.07) is 0. The van der Waals surface area contributed by atoms with Crippen LogP contribution in [0, 0.1) is 5.92 Å². The van der Waals surface area contributed by atoms with Crippen molar-refractivity contribution in [2.75, 3.05) is 6.66 Å². The Kier molecular flexibility index (Phi) is 2.98. The van der Waals surface area contributed by atoms with Crippen molar-refractivity contribution in [3.05, 3.63) is 0 Å². The summed E-state index contributed by atoms with van der Waals surface area (Å²) in [5.74, 6) is 1.02. The lowest BCUT2D eigenvalue weighted by Gasteiger charge is -2.25. The van der Waals surface area contributed by atoms with Gasteiger partial charge in [0.1, 0.15) is 0 Å². The fourth-order valence-electron chi connectivity index (χ4n) is 1.70. The van der Waals surface area contributed by atoms with E-state index in [2.05, 4.69) is 13.6 Å². The van der Waals surface area contributed by atoms with Crippen LogP contribution in [0.1, 0.15) is 32.6 Å². The van der Waals surface area contributed by atoms with Crippen LogP contribution in [0.25, 0.3) is 0 Å². The normalized spacial score (nSPS) is 38.0. The molecule has 0 saturated heterocycles. The standard InChI is InChI=1S/C8H17P/c1-7-4-3-5-8(6-7)9-2/h7-9H,3-6H2,1-2H3. The van der Waals surface area contributed by atoms with E-state index in [1.807, 2.05) is 0 Å². The first-order valence-corrected chi connectivity index (χ1v) is 5.58. The highest BCUT2D eigenvalue weighted by Gasteiger charge is 2.16. The Morgan fingerprint density at radius 2 is 2.11 bits per heavy atom. The third-order valence-electron chi connectivity index (χ3n) is 2.34. The van der Waals surface area contributed by atoms with Gasteiger partial charge in [0.2, 0.25) is 0 Å². The van der Waals surface area contributed by atoms with Crippen LogP contribution in [-0.2, 0) is 0 Å². The zero-order valence-corrected chi connectivity index (χ0v) is 7.48. The van der Waals surface area contributed by atoms with Gasteiger partial charge in [-0.1, -0.05) is 19.8 Å². The molecule has 0 spiro atoms. The van der Waals surface area contributed by atoms with Gasteiger partial charge in [0, 0.05) is 0 Å². The zero-order chi connectivity index (χ0) is 6.69. The quantitative estimate of drug-likeness (QED) is 0.496. The number of hydrogen-bond acceptors (Lipinski definition) is 0. The van der Waals surface area contributed by atoms with E-state index < -0.39 is 0 Å². The van der Waals surface area contributed by atoms with Gasteiger partial charge >= 0.3 is 0 Å². The molecule has 9 heavy (non-hydrogen) atoms. The summed E-state index contributed by atoms with van der Waals surface area (Å²) in [5.41, 5.74) is 1.09. The third-order valence-corrected chi connectivity index (χ3v) is 3.69. The lowest BCUT2D eigenvalue weighted by atomic mass is 9.90. The molecule has 0 amide bonds. The van der Waals surface area contributed by atoms with E-state index in [-0.39, 0.29) is 0 Å². The molecule has 0 radical (unpaired) electrons. The monoisotopic (exact) mass is 144 g/mol. The van der Waals surface area contributed by atoms with Crippen molar-refractivity contribution in [3.8, 4) is 0 Å². The van der Waals surface area contributed by atoms with Crippen molar-refractivity contribution in [1.82, 2.24) is 0 Å². The van der Waals surface area contributed by atoms with E-state index in [4.69, 9.17) is 0 Å². The molecule has 1 fully saturated rings. The topological polar surface area (TPSA) is 0 Å². The molecule has 1 aliphatic rings. The second kappa shape index (κ2) is 3.56. The summed E-state index contributed by atoms with van der Waals surface area (Å²) in [5, 5.41) is 0. The first-order chi connectivity index (χ1) is 4.33. The predicted octanol–water partition coefficient (Wildman–Crippen LogP) is 2.87. The third kappa shape index (κ3) is 2.26. The summed E-state index contributed by atoms with van der Waals surface area (Å²) in [4.78, 5) is 0. The van der Waals surface area contributed by atoms with Gasteiger partial charge in [0.25, 0.3) is 0 Å². The summed E-state index contributed by atoms with van der Waals surface area (Å²) in [6.07, 6.45) is 6.00. The lowest BCUT2D eigenvalue weighted by molar-refractivity contribution is 0.393. The molecular formula is C8H17P. The summed E-state index contributed by atoms with van der Waals surface area (Å²) < 4.78 is 0. The maximum atomic E-state index is 2.40. The maximum Gasteiger partial charge on any atom is -0.0237 e. The van der Waals surface area contributed by atoms with Crippen molar-refractivity contribution >= 4 is 8.58 Å². The van der Waals surface area contributed by atoms with E-state index >= 15 is 0 Å². The molecule has 0 aromatic carbocycles. The van der Waals surface area contributed by atoms with Crippen molar-refractivity contribution in [2.24, 2.45) is 5.92 Å². The highest BCUT2D eigenvalue weighted by Crippen LogP contribution is 2.33. The van der Waals surface area contributed by atoms with E-state index in [1.165, 1.54) is 34.3 Å². The fraction of sp³-hybridized carbons (Fsp3) is 1.00. The van der Waals surface area contributed by atoms with Crippen LogP contribution in [0.5, 0.6) is 0 Å². The van der Waals surface area contributed by atoms with Crippen LogP contribution in [0.15, 0.2) is 0 Å². The Labute approximate surface area is 60.2 Å². The highest BCUT2D eigenvalue weighted by molar-refractivity contribution is 7.37. The van der Waals surface area contributed by atoms with E-state index in [0.717, 1.165) is 11.6 Å². The molecule has 1 heteroatoms. The van der Waals surface area contributed by atoms with Crippen molar-refractivity contribution < 1.29 is 0 Å². The molecule has 0 bridgehead atoms. The summed E-state index contributed by atoms with van der Waals surface area (Å²) in [7, 11) is 1.19. The molecule has 3 unspecified atom stereocenters. The number of hydrogen-bond donors (Lipinski definition) is 0. The molecule has 0 N–H and O–H groups in total. The molecule has 3 atom stereocenters. The minimum atomic E-state index is 1.02. The molecular weight excluding hydrogens is 127 g/mol. The first kappa shape index (κ1) is 7.54. The van der Waals surface area contributed by atoms with E-state index in [1.54, 1.807) is 0 Å². The maximum absolute atomic E-state index is 2.40. The van der Waals surface area contributed by atoms with Crippen LogP contribution in [0.3, 0.4) is 0 Å². The molecule has 54 valence electrons. The van der Waals surface area contributed by atoms with Crippen LogP contribution < -0.4 is 0 Å². The van der Waals surface area contributed by atoms with Gasteiger partial charge in [-0.3, -0.25) is 0 Å². The Morgan fingerprint density at radius 1 is 1.33 bits per heavy atom. The van der Waals surface area contributed by atoms with Crippen LogP contribution in [0.4, 0.5) is 0 Å². The van der Waals surface area contributed by atoms with Gasteiger partial charge in [-0.2, -0.15) is 0 Å². The van der Waals surface area contributed by atoms with Gasteiger partial charge in [-0.25, -0.2) is 0 Å². The molecule has 0 aromatic heterocycles. The highest BCUT2D eigenvalue weighted by atomic mass is 31.1. The molecule has 0 nitrogen and oxygen atoms in total. The van der Waals surface area contributed by atoms with Gasteiger partial charge < -0.3 is 0 Å². The SMILES string of the molecule is CPC1CCCC(C)C1. The molecule has 1 aliphatic carbocycles. The lowest BCUT2D eigenvalue weighted by Crippen LogP contribution is -2.13. The Balaban J connectivity index is 2.23. The average molecular weight is 144 g/mol. The summed E-state index contributed by atoms with van der Waals surface area (Å²) in [6.45, 7) is 4.75. The first-order valence-electron chi connectivity index (χ1n) is 4.00. The van der Waals surface area contributed by atoms with E-state index in [9.17, 15) is 0 Å². The second-order valence-electron chi connectivity index (χ2n) is 3.26. The second-order valence-corrected chi connectivity index (χ2v) is 4.65. The van der Waals surface area contributed by atoms with Crippen LogP contribution in [-0.4, -0.2) is 12.3 Å². The number of rotatable bonds is 1. The van der Waals surface area contributed by atoms with Crippen LogP contribution >= 0.6 is 8.58 Å². The fourth-order valence-corrected chi connectivity index (χ4v) is 2.83. The molecule has 0 heterocycles. The van der Waals surface area contributed by atoms with Crippen molar-refractivity contribution in [2.45, 2.75) is 38.3 Å². The van der Waals surface area contributed by atoms with Crippen molar-refractivity contribution in [3.63, 3.8) is 0 Å². The largest absolute Gasteiger partial charge is 0.122 e. The van der Waals surface area contributed by atoms with E-state index in [0.29, 0.717) is 0 Å². The van der Waals surface area contributed by atoms with Gasteiger partial charge in [-0.05, 0) is 31.1 Å². The minimum Gasteiger partial charge on any atom is -0.122 e. The molecule has 1 saturated carbocycles. The minimum absolute atomic E-state index is 1.02. The average Bonchev–Trinajstić information content (AvgIpc) is 1.88. The Bertz CT molecular complexity index is 80.6. The predicted molar refractivity (Wildman–Crippen MR) is 45.7 cm³/mol. The van der Waals surface area contributed by atoms with Gasteiger partial charge in [0.15, 0.2) is 0 Å². The smallest absolute Gasteiger partial charge is 0.0237 e. The van der Waals surface area contributed by atoms with Crippen molar-refractivity contribution in [1.29, 1.82) is 0 Å². The molecule has 0 aromatic rings. The Hall–Kier alpha value is 0.430. The Morgan fingerprint density at radius 3 is 2.56 bits per heavy atom. The molecule has 1 rings (SSSR count).